The summed E-state index contributed by atoms with van der Waals surface area (Å²) in [5, 5.41) is 3.31. The van der Waals surface area contributed by atoms with Crippen molar-refractivity contribution in [3.05, 3.63) is 53.6 Å². The molecule has 1 aliphatic rings. The standard InChI is InChI=1S/C23H25NO5/c1-26-19-16-21(28-3)20(27-2)15-17(19)9-10-22(25)29-23(11-13-24-14-12-23)18-7-5-4-6-8-18/h4-8,15-16,24H,11-14H2,1-3H3. The number of hydrogen-bond acceptors (Lipinski definition) is 6. The van der Waals surface area contributed by atoms with Gasteiger partial charge in [-0.1, -0.05) is 36.3 Å². The number of hydrogen-bond donors (Lipinski definition) is 1. The van der Waals surface area contributed by atoms with Gasteiger partial charge in [-0.2, -0.15) is 0 Å². The first-order valence-electron chi connectivity index (χ1n) is 9.43. The van der Waals surface area contributed by atoms with Crippen molar-refractivity contribution in [2.24, 2.45) is 0 Å². The van der Waals surface area contributed by atoms with Gasteiger partial charge in [-0.3, -0.25) is 0 Å². The van der Waals surface area contributed by atoms with E-state index in [1.54, 1.807) is 19.2 Å². The Labute approximate surface area is 171 Å². The lowest BCUT2D eigenvalue weighted by atomic mass is 9.85. The SMILES string of the molecule is COc1cc(OC)c(OC)cc1C#CC(=O)OC1(c2ccccc2)CCNCC1. The molecule has 0 saturated carbocycles. The van der Waals surface area contributed by atoms with Gasteiger partial charge in [0.15, 0.2) is 11.5 Å². The molecule has 0 aromatic heterocycles. The zero-order valence-corrected chi connectivity index (χ0v) is 16.9. The van der Waals surface area contributed by atoms with Gasteiger partial charge in [0.1, 0.15) is 11.4 Å². The lowest BCUT2D eigenvalue weighted by molar-refractivity contribution is -0.156. The van der Waals surface area contributed by atoms with E-state index in [-0.39, 0.29) is 0 Å². The molecule has 1 saturated heterocycles. The van der Waals surface area contributed by atoms with Gasteiger partial charge in [0.25, 0.3) is 0 Å². The largest absolute Gasteiger partial charge is 0.495 e. The number of nitrogens with one attached hydrogen (secondary N) is 1. The topological polar surface area (TPSA) is 66.0 Å². The molecule has 0 radical (unpaired) electrons. The molecular weight excluding hydrogens is 370 g/mol. The summed E-state index contributed by atoms with van der Waals surface area (Å²) >= 11 is 0. The van der Waals surface area contributed by atoms with Gasteiger partial charge >= 0.3 is 5.97 Å². The number of benzene rings is 2. The summed E-state index contributed by atoms with van der Waals surface area (Å²) in [6, 6.07) is 13.2. The number of ether oxygens (including phenoxy) is 4. The lowest BCUT2D eigenvalue weighted by Gasteiger charge is -2.36. The maximum absolute atomic E-state index is 12.6. The second-order valence-corrected chi connectivity index (χ2v) is 6.66. The molecule has 0 amide bonds. The van der Waals surface area contributed by atoms with Crippen LogP contribution in [0.4, 0.5) is 0 Å². The Morgan fingerprint density at radius 2 is 1.55 bits per heavy atom. The molecular formula is C23H25NO5. The molecule has 0 aliphatic carbocycles. The molecule has 0 unspecified atom stereocenters. The maximum Gasteiger partial charge on any atom is 0.385 e. The van der Waals surface area contributed by atoms with E-state index in [1.807, 2.05) is 30.3 Å². The fourth-order valence-corrected chi connectivity index (χ4v) is 3.47. The average Bonchev–Trinajstić information content (AvgIpc) is 2.78. The normalized spacial score (nSPS) is 14.9. The van der Waals surface area contributed by atoms with E-state index in [4.69, 9.17) is 18.9 Å². The van der Waals surface area contributed by atoms with Crippen LogP contribution in [-0.2, 0) is 15.1 Å². The number of methoxy groups -OCH3 is 3. The van der Waals surface area contributed by atoms with Gasteiger partial charge in [0.05, 0.1) is 26.9 Å². The van der Waals surface area contributed by atoms with Crippen molar-refractivity contribution in [1.29, 1.82) is 0 Å². The quantitative estimate of drug-likeness (QED) is 0.620. The van der Waals surface area contributed by atoms with Crippen LogP contribution < -0.4 is 19.5 Å². The fourth-order valence-electron chi connectivity index (χ4n) is 3.47. The predicted octanol–water partition coefficient (Wildman–Crippen LogP) is 2.89. The third-order valence-electron chi connectivity index (χ3n) is 5.00. The van der Waals surface area contributed by atoms with Crippen molar-refractivity contribution in [3.63, 3.8) is 0 Å². The Balaban J connectivity index is 1.86. The van der Waals surface area contributed by atoms with Crippen molar-refractivity contribution in [2.75, 3.05) is 34.4 Å². The number of carbonyl (C=O) groups is 1. The van der Waals surface area contributed by atoms with E-state index in [9.17, 15) is 4.79 Å². The minimum atomic E-state index is -0.667. The van der Waals surface area contributed by atoms with Crippen LogP contribution in [0.15, 0.2) is 42.5 Å². The highest BCUT2D eigenvalue weighted by Crippen LogP contribution is 2.36. The van der Waals surface area contributed by atoms with Crippen LogP contribution in [0.5, 0.6) is 17.2 Å². The molecule has 2 aromatic rings. The van der Waals surface area contributed by atoms with Crippen molar-refractivity contribution >= 4 is 5.97 Å². The van der Waals surface area contributed by atoms with E-state index >= 15 is 0 Å². The summed E-state index contributed by atoms with van der Waals surface area (Å²) in [6.45, 7) is 1.55. The van der Waals surface area contributed by atoms with Crippen molar-refractivity contribution in [3.8, 4) is 29.1 Å². The van der Waals surface area contributed by atoms with Crippen molar-refractivity contribution < 1.29 is 23.7 Å². The first-order valence-corrected chi connectivity index (χ1v) is 9.43. The summed E-state index contributed by atoms with van der Waals surface area (Å²) < 4.78 is 21.9. The molecule has 0 bridgehead atoms. The van der Waals surface area contributed by atoms with Crippen LogP contribution in [-0.4, -0.2) is 40.4 Å². The maximum atomic E-state index is 12.6. The Hall–Kier alpha value is -3.17. The second kappa shape index (κ2) is 9.35. The third-order valence-corrected chi connectivity index (χ3v) is 5.00. The van der Waals surface area contributed by atoms with Gasteiger partial charge in [-0.25, -0.2) is 4.79 Å². The zero-order chi connectivity index (χ0) is 20.7. The summed E-state index contributed by atoms with van der Waals surface area (Å²) in [6.07, 6.45) is 1.40. The van der Waals surface area contributed by atoms with Gasteiger partial charge in [0, 0.05) is 30.9 Å². The molecule has 1 heterocycles. The molecule has 1 fully saturated rings. The highest BCUT2D eigenvalue weighted by atomic mass is 16.6. The Kier molecular flexibility index (Phi) is 6.63. The second-order valence-electron chi connectivity index (χ2n) is 6.66. The lowest BCUT2D eigenvalue weighted by Crippen LogP contribution is -2.43. The summed E-state index contributed by atoms with van der Waals surface area (Å²) in [5.74, 6) is 6.38. The minimum absolute atomic E-state index is 0.489. The van der Waals surface area contributed by atoms with Crippen LogP contribution >= 0.6 is 0 Å². The first kappa shape index (κ1) is 20.6. The number of esters is 1. The predicted molar refractivity (Wildman–Crippen MR) is 109 cm³/mol. The van der Waals surface area contributed by atoms with Gasteiger partial charge < -0.3 is 24.3 Å². The Morgan fingerprint density at radius 1 is 0.931 bits per heavy atom. The van der Waals surface area contributed by atoms with Crippen LogP contribution in [0.25, 0.3) is 0 Å². The molecule has 1 N–H and O–H groups in total. The number of carbonyl (C=O) groups excluding carboxylic acids is 1. The minimum Gasteiger partial charge on any atom is -0.495 e. The van der Waals surface area contributed by atoms with Crippen LogP contribution in [0.1, 0.15) is 24.0 Å². The molecule has 1 aliphatic heterocycles. The van der Waals surface area contributed by atoms with Gasteiger partial charge in [-0.05, 0) is 18.7 Å². The number of piperidine rings is 1. The Morgan fingerprint density at radius 3 is 2.17 bits per heavy atom. The zero-order valence-electron chi connectivity index (χ0n) is 16.9. The van der Waals surface area contributed by atoms with Crippen molar-refractivity contribution in [1.82, 2.24) is 5.32 Å². The molecule has 29 heavy (non-hydrogen) atoms. The van der Waals surface area contributed by atoms with E-state index in [0.717, 1.165) is 18.7 Å². The summed E-state index contributed by atoms with van der Waals surface area (Å²) in [7, 11) is 4.61. The molecule has 0 atom stereocenters. The van der Waals surface area contributed by atoms with E-state index in [0.29, 0.717) is 35.7 Å². The van der Waals surface area contributed by atoms with Crippen LogP contribution in [0.2, 0.25) is 0 Å². The molecule has 152 valence electrons. The molecule has 6 heteroatoms. The van der Waals surface area contributed by atoms with E-state index in [1.165, 1.54) is 14.2 Å². The highest BCUT2D eigenvalue weighted by molar-refractivity contribution is 5.89. The monoisotopic (exact) mass is 395 g/mol. The summed E-state index contributed by atoms with van der Waals surface area (Å²) in [5.41, 5.74) is 0.835. The van der Waals surface area contributed by atoms with Gasteiger partial charge in [-0.15, -0.1) is 0 Å². The first-order chi connectivity index (χ1) is 14.1. The molecule has 2 aromatic carbocycles. The van der Waals surface area contributed by atoms with Gasteiger partial charge in [0.2, 0.25) is 0 Å². The average molecular weight is 395 g/mol. The smallest absolute Gasteiger partial charge is 0.385 e. The third kappa shape index (κ3) is 4.64. The fraction of sp³-hybridized carbons (Fsp3) is 0.348. The molecule has 3 rings (SSSR count). The highest BCUT2D eigenvalue weighted by Gasteiger charge is 2.37. The molecule has 0 spiro atoms. The van der Waals surface area contributed by atoms with Crippen LogP contribution in [0, 0.1) is 11.8 Å². The number of rotatable bonds is 5. The molecule has 6 nitrogen and oxygen atoms in total. The summed E-state index contributed by atoms with van der Waals surface area (Å²) in [4.78, 5) is 12.6. The Bertz CT molecular complexity index is 908. The van der Waals surface area contributed by atoms with Crippen LogP contribution in [0.3, 0.4) is 0 Å². The van der Waals surface area contributed by atoms with E-state index in [2.05, 4.69) is 17.2 Å². The van der Waals surface area contributed by atoms with Crippen molar-refractivity contribution in [2.45, 2.75) is 18.4 Å². The van der Waals surface area contributed by atoms with E-state index < -0.39 is 11.6 Å².